The molecular weight excluding hydrogens is 380 g/mol. The zero-order valence-corrected chi connectivity index (χ0v) is 17.1. The molecule has 7 nitrogen and oxygen atoms in total. The molecule has 1 amide bonds. The Kier molecular flexibility index (Phi) is 7.09. The van der Waals surface area contributed by atoms with Gasteiger partial charge in [-0.25, -0.2) is 13.1 Å². The molecule has 8 heteroatoms. The van der Waals surface area contributed by atoms with Gasteiger partial charge in [-0.05, 0) is 50.7 Å². The fourth-order valence-corrected chi connectivity index (χ4v) is 5.06. The summed E-state index contributed by atoms with van der Waals surface area (Å²) >= 11 is 0. The van der Waals surface area contributed by atoms with Gasteiger partial charge in [0.05, 0.1) is 23.6 Å². The predicted octanol–water partition coefficient (Wildman–Crippen LogP) is 1.49. The number of hydrogen-bond acceptors (Lipinski definition) is 5. The van der Waals surface area contributed by atoms with Crippen LogP contribution in [0.3, 0.4) is 0 Å². The van der Waals surface area contributed by atoms with E-state index in [4.69, 9.17) is 4.74 Å². The molecule has 3 N–H and O–H groups in total. The second kappa shape index (κ2) is 9.35. The van der Waals surface area contributed by atoms with Gasteiger partial charge in [0.2, 0.25) is 15.9 Å². The van der Waals surface area contributed by atoms with Crippen molar-refractivity contribution >= 4 is 15.9 Å². The smallest absolute Gasteiger partial charge is 0.240 e. The summed E-state index contributed by atoms with van der Waals surface area (Å²) in [5, 5.41) is 12.7. The van der Waals surface area contributed by atoms with Crippen LogP contribution >= 0.6 is 0 Å². The maximum absolute atomic E-state index is 12.4. The Labute approximate surface area is 166 Å². The Balaban J connectivity index is 1.47. The standard InChI is InChI=1S/C20H30N2O5S/c1-14-5-2-3-8-19(14)28(25,26)21-12-11-16-9-10-17(18(13-23)27-16)22-20(24)15-6-4-7-15/h2-3,5,8,15-18,21,23H,4,6-7,9-13H2,1H3,(H,22,24)/t16-,17-,18-/m1/s1. The minimum absolute atomic E-state index is 0.0581. The lowest BCUT2D eigenvalue weighted by molar-refractivity contribution is -0.134. The molecular formula is C20H30N2O5S. The van der Waals surface area contributed by atoms with E-state index in [9.17, 15) is 18.3 Å². The van der Waals surface area contributed by atoms with Crippen LogP contribution in [0.5, 0.6) is 0 Å². The molecule has 3 rings (SSSR count). The van der Waals surface area contributed by atoms with Gasteiger partial charge in [-0.1, -0.05) is 24.6 Å². The summed E-state index contributed by atoms with van der Waals surface area (Å²) in [6, 6.07) is 6.68. The number of sulfonamides is 1. The van der Waals surface area contributed by atoms with E-state index in [1.807, 2.05) is 0 Å². The van der Waals surface area contributed by atoms with E-state index in [-0.39, 0.29) is 42.0 Å². The molecule has 0 bridgehead atoms. The lowest BCUT2D eigenvalue weighted by atomic mass is 9.84. The van der Waals surface area contributed by atoms with Crippen LogP contribution in [0, 0.1) is 12.8 Å². The zero-order chi connectivity index (χ0) is 20.1. The highest BCUT2D eigenvalue weighted by molar-refractivity contribution is 7.89. The number of carbonyl (C=O) groups is 1. The Morgan fingerprint density at radius 3 is 2.61 bits per heavy atom. The van der Waals surface area contributed by atoms with Crippen LogP contribution in [0.2, 0.25) is 0 Å². The van der Waals surface area contributed by atoms with Crippen molar-refractivity contribution in [3.05, 3.63) is 29.8 Å². The molecule has 1 aliphatic carbocycles. The van der Waals surface area contributed by atoms with Crippen molar-refractivity contribution in [3.63, 3.8) is 0 Å². The molecule has 1 heterocycles. The van der Waals surface area contributed by atoms with Crippen LogP contribution in [-0.2, 0) is 19.6 Å². The van der Waals surface area contributed by atoms with Gasteiger partial charge in [-0.15, -0.1) is 0 Å². The number of aryl methyl sites for hydroxylation is 1. The highest BCUT2D eigenvalue weighted by Gasteiger charge is 2.34. The van der Waals surface area contributed by atoms with Crippen LogP contribution in [0.15, 0.2) is 29.2 Å². The van der Waals surface area contributed by atoms with Gasteiger partial charge in [0.15, 0.2) is 0 Å². The number of nitrogens with one attached hydrogen (secondary N) is 2. The third-order valence-electron chi connectivity index (χ3n) is 5.74. The molecule has 0 aromatic heterocycles. The first-order valence-electron chi connectivity index (χ1n) is 10.0. The van der Waals surface area contributed by atoms with E-state index in [0.717, 1.165) is 32.1 Å². The summed E-state index contributed by atoms with van der Waals surface area (Å²) in [6.07, 6.45) is 4.34. The van der Waals surface area contributed by atoms with Crippen molar-refractivity contribution in [1.82, 2.24) is 10.0 Å². The van der Waals surface area contributed by atoms with E-state index in [2.05, 4.69) is 10.0 Å². The molecule has 1 saturated carbocycles. The molecule has 1 aromatic rings. The summed E-state index contributed by atoms with van der Waals surface area (Å²) in [7, 11) is -3.56. The molecule has 1 saturated heterocycles. The van der Waals surface area contributed by atoms with E-state index in [1.54, 1.807) is 31.2 Å². The minimum Gasteiger partial charge on any atom is -0.394 e. The largest absolute Gasteiger partial charge is 0.394 e. The lowest BCUT2D eigenvalue weighted by Crippen LogP contribution is -2.53. The van der Waals surface area contributed by atoms with Gasteiger partial charge in [0.25, 0.3) is 0 Å². The van der Waals surface area contributed by atoms with E-state index in [0.29, 0.717) is 12.0 Å². The Bertz CT molecular complexity index is 779. The number of amides is 1. The minimum atomic E-state index is -3.56. The Morgan fingerprint density at radius 1 is 1.21 bits per heavy atom. The third kappa shape index (κ3) is 5.11. The summed E-state index contributed by atoms with van der Waals surface area (Å²) in [4.78, 5) is 12.4. The predicted molar refractivity (Wildman–Crippen MR) is 105 cm³/mol. The second-order valence-electron chi connectivity index (χ2n) is 7.75. The van der Waals surface area contributed by atoms with Gasteiger partial charge in [0, 0.05) is 12.5 Å². The summed E-state index contributed by atoms with van der Waals surface area (Å²) in [6.45, 7) is 1.86. The maximum Gasteiger partial charge on any atom is 0.240 e. The monoisotopic (exact) mass is 410 g/mol. The van der Waals surface area contributed by atoms with E-state index >= 15 is 0 Å². The molecule has 0 radical (unpaired) electrons. The van der Waals surface area contributed by atoms with Gasteiger partial charge in [-0.3, -0.25) is 4.79 Å². The normalized spacial score (nSPS) is 25.9. The van der Waals surface area contributed by atoms with Gasteiger partial charge < -0.3 is 15.2 Å². The van der Waals surface area contributed by atoms with Crippen molar-refractivity contribution in [1.29, 1.82) is 0 Å². The molecule has 2 aliphatic rings. The number of benzene rings is 1. The Hall–Kier alpha value is -1.48. The molecule has 0 spiro atoms. The first kappa shape index (κ1) is 21.2. The molecule has 0 unspecified atom stereocenters. The fourth-order valence-electron chi connectivity index (χ4n) is 3.77. The number of aliphatic hydroxyl groups excluding tert-OH is 1. The number of hydrogen-bond donors (Lipinski definition) is 3. The second-order valence-corrected chi connectivity index (χ2v) is 9.49. The van der Waals surface area contributed by atoms with Crippen molar-refractivity contribution in [3.8, 4) is 0 Å². The van der Waals surface area contributed by atoms with E-state index < -0.39 is 16.1 Å². The zero-order valence-electron chi connectivity index (χ0n) is 16.3. The molecule has 2 fully saturated rings. The number of rotatable bonds is 8. The molecule has 1 aliphatic heterocycles. The maximum atomic E-state index is 12.4. The summed E-state index contributed by atoms with van der Waals surface area (Å²) < 4.78 is 33.4. The summed E-state index contributed by atoms with van der Waals surface area (Å²) in [5.41, 5.74) is 0.703. The van der Waals surface area contributed by atoms with Crippen molar-refractivity contribution < 1.29 is 23.1 Å². The van der Waals surface area contributed by atoms with Crippen LogP contribution in [0.25, 0.3) is 0 Å². The highest BCUT2D eigenvalue weighted by atomic mass is 32.2. The first-order chi connectivity index (χ1) is 13.4. The van der Waals surface area contributed by atoms with Crippen LogP contribution in [0.4, 0.5) is 0 Å². The van der Waals surface area contributed by atoms with Gasteiger partial charge >= 0.3 is 0 Å². The number of aliphatic hydroxyl groups is 1. The topological polar surface area (TPSA) is 105 Å². The van der Waals surface area contributed by atoms with Crippen molar-refractivity contribution in [2.24, 2.45) is 5.92 Å². The highest BCUT2D eigenvalue weighted by Crippen LogP contribution is 2.28. The summed E-state index contributed by atoms with van der Waals surface area (Å²) in [5.74, 6) is 0.163. The lowest BCUT2D eigenvalue weighted by Gasteiger charge is -2.37. The van der Waals surface area contributed by atoms with E-state index in [1.165, 1.54) is 0 Å². The molecule has 28 heavy (non-hydrogen) atoms. The third-order valence-corrected chi connectivity index (χ3v) is 7.36. The SMILES string of the molecule is Cc1ccccc1S(=O)(=O)NCC[C@H]1CC[C@@H](NC(=O)C2CCC2)[C@@H](CO)O1. The number of ether oxygens (including phenoxy) is 1. The molecule has 156 valence electrons. The molecule has 1 aromatic carbocycles. The van der Waals surface area contributed by atoms with Gasteiger partial charge in [0.1, 0.15) is 6.10 Å². The van der Waals surface area contributed by atoms with Crippen LogP contribution < -0.4 is 10.0 Å². The first-order valence-corrected chi connectivity index (χ1v) is 11.5. The fraction of sp³-hybridized carbons (Fsp3) is 0.650. The van der Waals surface area contributed by atoms with Crippen molar-refractivity contribution in [2.75, 3.05) is 13.2 Å². The van der Waals surface area contributed by atoms with Crippen molar-refractivity contribution in [2.45, 2.75) is 68.6 Å². The number of carbonyl (C=O) groups excluding carboxylic acids is 1. The van der Waals surface area contributed by atoms with Crippen LogP contribution in [-0.4, -0.2) is 50.8 Å². The Morgan fingerprint density at radius 2 is 1.96 bits per heavy atom. The molecule has 3 atom stereocenters. The quantitative estimate of drug-likeness (QED) is 0.602. The average Bonchev–Trinajstić information content (AvgIpc) is 2.61. The van der Waals surface area contributed by atoms with Gasteiger partial charge in [-0.2, -0.15) is 0 Å². The van der Waals surface area contributed by atoms with Crippen LogP contribution in [0.1, 0.15) is 44.1 Å². The average molecular weight is 411 g/mol.